The molecule has 3 N–H and O–H groups in total. The Hall–Kier alpha value is -2.27. The summed E-state index contributed by atoms with van der Waals surface area (Å²) in [6.45, 7) is 1.94. The molecule has 2 rings (SSSR count). The maximum absolute atomic E-state index is 8.60. The molecule has 19 heavy (non-hydrogen) atoms. The first kappa shape index (κ1) is 13.2. The first-order chi connectivity index (χ1) is 9.10. The van der Waals surface area contributed by atoms with E-state index in [4.69, 9.17) is 27.3 Å². The first-order valence-corrected chi connectivity index (χ1v) is 5.86. The lowest BCUT2D eigenvalue weighted by atomic mass is 10.2. The number of oxime groups is 1. The summed E-state index contributed by atoms with van der Waals surface area (Å²) in [6, 6.07) is 8.70. The molecule has 0 unspecified atom stereocenters. The number of hydrogen-bond acceptors (Lipinski definition) is 4. The normalized spacial score (nSPS) is 11.4. The van der Waals surface area contributed by atoms with Gasteiger partial charge in [-0.05, 0) is 30.7 Å². The van der Waals surface area contributed by atoms with Crippen molar-refractivity contribution in [1.82, 2.24) is 4.98 Å². The number of halogens is 1. The van der Waals surface area contributed by atoms with Crippen molar-refractivity contribution in [3.05, 3.63) is 52.8 Å². The van der Waals surface area contributed by atoms with Crippen LogP contribution in [0.1, 0.15) is 11.3 Å². The monoisotopic (exact) mass is 277 g/mol. The molecule has 0 aliphatic heterocycles. The molecule has 2 aromatic rings. The van der Waals surface area contributed by atoms with Crippen molar-refractivity contribution in [2.24, 2.45) is 10.9 Å². The zero-order valence-corrected chi connectivity index (χ0v) is 10.9. The zero-order chi connectivity index (χ0) is 13.8. The lowest BCUT2D eigenvalue weighted by Gasteiger charge is -2.08. The molecule has 1 aromatic carbocycles. The van der Waals surface area contributed by atoms with E-state index in [1.807, 2.05) is 19.1 Å². The molecule has 0 bridgehead atoms. The standard InChI is InChI=1S/C13H12ClN3O2/c1-8-2-3-12(10(14)6-8)19-9-4-5-16-11(7-9)13(15)17-18/h2-7,18H,1H3,(H2,15,17). The maximum atomic E-state index is 8.60. The van der Waals surface area contributed by atoms with Gasteiger partial charge in [-0.1, -0.05) is 22.8 Å². The van der Waals surface area contributed by atoms with Crippen LogP contribution in [0.4, 0.5) is 0 Å². The Morgan fingerprint density at radius 1 is 1.37 bits per heavy atom. The number of hydrogen-bond donors (Lipinski definition) is 2. The van der Waals surface area contributed by atoms with Crippen molar-refractivity contribution < 1.29 is 9.94 Å². The molecule has 0 radical (unpaired) electrons. The highest BCUT2D eigenvalue weighted by atomic mass is 35.5. The number of ether oxygens (including phenoxy) is 1. The summed E-state index contributed by atoms with van der Waals surface area (Å²) in [5.74, 6) is 0.951. The van der Waals surface area contributed by atoms with Crippen LogP contribution in [0.3, 0.4) is 0 Å². The lowest BCUT2D eigenvalue weighted by molar-refractivity contribution is 0.318. The van der Waals surface area contributed by atoms with Gasteiger partial charge >= 0.3 is 0 Å². The van der Waals surface area contributed by atoms with E-state index < -0.39 is 0 Å². The van der Waals surface area contributed by atoms with E-state index in [-0.39, 0.29) is 5.84 Å². The Balaban J connectivity index is 2.28. The molecule has 0 aliphatic rings. The summed E-state index contributed by atoms with van der Waals surface area (Å²) in [7, 11) is 0. The van der Waals surface area contributed by atoms with Gasteiger partial charge in [-0.2, -0.15) is 0 Å². The highest BCUT2D eigenvalue weighted by Gasteiger charge is 2.06. The number of pyridine rings is 1. The first-order valence-electron chi connectivity index (χ1n) is 5.48. The summed E-state index contributed by atoms with van der Waals surface area (Å²) < 4.78 is 5.64. The molecule has 1 aromatic heterocycles. The summed E-state index contributed by atoms with van der Waals surface area (Å²) in [5.41, 5.74) is 6.83. The van der Waals surface area contributed by atoms with Gasteiger partial charge in [0.15, 0.2) is 5.84 Å². The molecule has 0 saturated carbocycles. The Bertz CT molecular complexity index is 629. The molecule has 0 atom stereocenters. The van der Waals surface area contributed by atoms with Gasteiger partial charge in [0.2, 0.25) is 0 Å². The predicted octanol–water partition coefficient (Wildman–Crippen LogP) is 2.93. The van der Waals surface area contributed by atoms with Crippen molar-refractivity contribution in [3.63, 3.8) is 0 Å². The van der Waals surface area contributed by atoms with Crippen LogP contribution in [0.2, 0.25) is 5.02 Å². The highest BCUT2D eigenvalue weighted by molar-refractivity contribution is 6.32. The Morgan fingerprint density at radius 2 is 2.16 bits per heavy atom. The van der Waals surface area contributed by atoms with Gasteiger partial charge in [-0.25, -0.2) is 0 Å². The van der Waals surface area contributed by atoms with Crippen molar-refractivity contribution in [3.8, 4) is 11.5 Å². The summed E-state index contributed by atoms with van der Waals surface area (Å²) in [5, 5.41) is 12.0. The number of aromatic nitrogens is 1. The lowest BCUT2D eigenvalue weighted by Crippen LogP contribution is -2.14. The van der Waals surface area contributed by atoms with Gasteiger partial charge in [0.05, 0.1) is 5.02 Å². The van der Waals surface area contributed by atoms with Crippen LogP contribution < -0.4 is 10.5 Å². The van der Waals surface area contributed by atoms with E-state index >= 15 is 0 Å². The Kier molecular flexibility index (Phi) is 3.87. The summed E-state index contributed by atoms with van der Waals surface area (Å²) in [4.78, 5) is 3.96. The van der Waals surface area contributed by atoms with E-state index in [0.717, 1.165) is 5.56 Å². The van der Waals surface area contributed by atoms with Gasteiger partial charge in [0.1, 0.15) is 17.2 Å². The van der Waals surface area contributed by atoms with Gasteiger partial charge in [-0.15, -0.1) is 0 Å². The van der Waals surface area contributed by atoms with Crippen LogP contribution in [-0.4, -0.2) is 16.0 Å². The molecule has 0 saturated heterocycles. The fraction of sp³-hybridized carbons (Fsp3) is 0.0769. The van der Waals surface area contributed by atoms with E-state index in [2.05, 4.69) is 10.1 Å². The number of aryl methyl sites for hydroxylation is 1. The summed E-state index contributed by atoms with van der Waals surface area (Å²) >= 11 is 6.08. The van der Waals surface area contributed by atoms with E-state index in [1.54, 1.807) is 18.2 Å². The van der Waals surface area contributed by atoms with Gasteiger partial charge < -0.3 is 15.7 Å². The molecule has 5 nitrogen and oxygen atoms in total. The van der Waals surface area contributed by atoms with Crippen LogP contribution in [0.15, 0.2) is 41.7 Å². The number of nitrogens with two attached hydrogens (primary N) is 1. The highest BCUT2D eigenvalue weighted by Crippen LogP contribution is 2.29. The van der Waals surface area contributed by atoms with Crippen molar-refractivity contribution in [2.75, 3.05) is 0 Å². The Morgan fingerprint density at radius 3 is 2.84 bits per heavy atom. The van der Waals surface area contributed by atoms with Gasteiger partial charge in [0.25, 0.3) is 0 Å². The third-order valence-electron chi connectivity index (χ3n) is 2.42. The molecule has 0 aliphatic carbocycles. The van der Waals surface area contributed by atoms with Crippen LogP contribution in [-0.2, 0) is 0 Å². The fourth-order valence-electron chi connectivity index (χ4n) is 1.48. The van der Waals surface area contributed by atoms with Gasteiger partial charge in [0, 0.05) is 12.3 Å². The average Bonchev–Trinajstić information content (AvgIpc) is 2.41. The largest absolute Gasteiger partial charge is 0.456 e. The molecule has 6 heteroatoms. The molecule has 0 fully saturated rings. The molecule has 1 heterocycles. The van der Waals surface area contributed by atoms with E-state index in [9.17, 15) is 0 Å². The third kappa shape index (κ3) is 3.14. The predicted molar refractivity (Wildman–Crippen MR) is 73.0 cm³/mol. The van der Waals surface area contributed by atoms with Crippen molar-refractivity contribution >= 4 is 17.4 Å². The van der Waals surface area contributed by atoms with Gasteiger partial charge in [-0.3, -0.25) is 4.98 Å². The molecule has 0 amide bonds. The van der Waals surface area contributed by atoms with Crippen LogP contribution in [0, 0.1) is 6.92 Å². The number of benzene rings is 1. The second-order valence-corrected chi connectivity index (χ2v) is 4.31. The van der Waals surface area contributed by atoms with E-state index in [1.165, 1.54) is 6.20 Å². The van der Waals surface area contributed by atoms with E-state index in [0.29, 0.717) is 22.2 Å². The van der Waals surface area contributed by atoms with Crippen LogP contribution >= 0.6 is 11.6 Å². The number of amidine groups is 1. The topological polar surface area (TPSA) is 80.7 Å². The Labute approximate surface area is 115 Å². The van der Waals surface area contributed by atoms with Crippen LogP contribution in [0.5, 0.6) is 11.5 Å². The number of nitrogens with zero attached hydrogens (tertiary/aromatic N) is 2. The minimum Gasteiger partial charge on any atom is -0.456 e. The van der Waals surface area contributed by atoms with Crippen molar-refractivity contribution in [2.45, 2.75) is 6.92 Å². The second kappa shape index (κ2) is 5.58. The molecule has 98 valence electrons. The van der Waals surface area contributed by atoms with Crippen molar-refractivity contribution in [1.29, 1.82) is 0 Å². The third-order valence-corrected chi connectivity index (χ3v) is 2.71. The minimum absolute atomic E-state index is 0.0829. The molecular weight excluding hydrogens is 266 g/mol. The summed E-state index contributed by atoms with van der Waals surface area (Å²) in [6.07, 6.45) is 1.50. The molecular formula is C13H12ClN3O2. The fourth-order valence-corrected chi connectivity index (χ4v) is 1.76. The van der Waals surface area contributed by atoms with Crippen LogP contribution in [0.25, 0.3) is 0 Å². The smallest absolute Gasteiger partial charge is 0.188 e. The zero-order valence-electron chi connectivity index (χ0n) is 10.2. The minimum atomic E-state index is -0.0829. The molecule has 0 spiro atoms. The second-order valence-electron chi connectivity index (χ2n) is 3.90. The maximum Gasteiger partial charge on any atom is 0.188 e. The SMILES string of the molecule is Cc1ccc(Oc2ccnc(/C(N)=N/O)c2)c(Cl)c1. The quantitative estimate of drug-likeness (QED) is 0.391. The number of rotatable bonds is 3. The average molecular weight is 278 g/mol.